The molecule has 0 atom stereocenters. The van der Waals surface area contributed by atoms with Gasteiger partial charge in [-0.1, -0.05) is 47.8 Å². The van der Waals surface area contributed by atoms with E-state index in [9.17, 15) is 4.79 Å². The quantitative estimate of drug-likeness (QED) is 0.525. The fourth-order valence-electron chi connectivity index (χ4n) is 2.69. The number of nitrogens with one attached hydrogen (secondary N) is 1. The first kappa shape index (κ1) is 20.7. The van der Waals surface area contributed by atoms with Crippen molar-refractivity contribution in [3.63, 3.8) is 0 Å². The van der Waals surface area contributed by atoms with Gasteiger partial charge in [-0.05, 0) is 50.1 Å². The molecule has 0 aliphatic carbocycles. The minimum absolute atomic E-state index is 0.128. The molecule has 1 aromatic carbocycles. The molecule has 0 radical (unpaired) electrons. The lowest BCUT2D eigenvalue weighted by molar-refractivity contribution is 0.0920. The number of carbonyl (C=O) groups is 1. The first-order chi connectivity index (χ1) is 12.5. The summed E-state index contributed by atoms with van der Waals surface area (Å²) >= 11 is 3.47. The number of rotatable bonds is 10. The van der Waals surface area contributed by atoms with Gasteiger partial charge in [-0.3, -0.25) is 9.69 Å². The van der Waals surface area contributed by atoms with Crippen LogP contribution >= 0.6 is 15.9 Å². The minimum Gasteiger partial charge on any atom is -0.455 e. The molecule has 0 aliphatic rings. The van der Waals surface area contributed by atoms with E-state index < -0.39 is 0 Å². The van der Waals surface area contributed by atoms with Gasteiger partial charge in [-0.15, -0.1) is 0 Å². The molecule has 26 heavy (non-hydrogen) atoms. The van der Waals surface area contributed by atoms with E-state index in [-0.39, 0.29) is 5.91 Å². The number of nitrogens with zero attached hydrogens (tertiary/aromatic N) is 1. The fraction of sp³-hybridized carbons (Fsp3) is 0.476. The van der Waals surface area contributed by atoms with E-state index in [1.165, 1.54) is 5.56 Å². The molecule has 0 aliphatic heterocycles. The average molecular weight is 421 g/mol. The number of furan rings is 1. The van der Waals surface area contributed by atoms with Crippen LogP contribution in [0, 0.1) is 0 Å². The molecule has 0 spiro atoms. The molecule has 0 fully saturated rings. The predicted molar refractivity (Wildman–Crippen MR) is 109 cm³/mol. The zero-order valence-corrected chi connectivity index (χ0v) is 17.5. The maximum Gasteiger partial charge on any atom is 0.286 e. The van der Waals surface area contributed by atoms with Crippen molar-refractivity contribution >= 4 is 21.8 Å². The third-order valence-electron chi connectivity index (χ3n) is 4.34. The van der Waals surface area contributed by atoms with Crippen LogP contribution in [0.4, 0.5) is 0 Å². The Hall–Kier alpha value is -1.59. The van der Waals surface area contributed by atoms with Crippen LogP contribution in [0.2, 0.25) is 0 Å². The Morgan fingerprint density at radius 1 is 1.12 bits per heavy atom. The van der Waals surface area contributed by atoms with Gasteiger partial charge in [0.25, 0.3) is 5.91 Å². The number of unbranched alkanes of at least 4 members (excludes halogenated alkanes) is 2. The Labute approximate surface area is 165 Å². The summed E-state index contributed by atoms with van der Waals surface area (Å²) in [6.07, 6.45) is 3.28. The van der Waals surface area contributed by atoms with Crippen LogP contribution in [0.5, 0.6) is 0 Å². The molecule has 1 aromatic heterocycles. The van der Waals surface area contributed by atoms with Gasteiger partial charge in [0.15, 0.2) is 5.76 Å². The van der Waals surface area contributed by atoms with Gasteiger partial charge in [0, 0.05) is 23.6 Å². The van der Waals surface area contributed by atoms with Crippen molar-refractivity contribution in [1.29, 1.82) is 0 Å². The number of hydrogen-bond donors (Lipinski definition) is 1. The second-order valence-electron chi connectivity index (χ2n) is 6.85. The molecular formula is C21H29BrN2O2. The normalized spacial score (nSPS) is 11.3. The maximum atomic E-state index is 12.1. The summed E-state index contributed by atoms with van der Waals surface area (Å²) in [6, 6.07) is 12.4. The van der Waals surface area contributed by atoms with Gasteiger partial charge in [-0.2, -0.15) is 0 Å². The number of amides is 1. The third-order valence-corrected chi connectivity index (χ3v) is 4.87. The number of hydrogen-bond acceptors (Lipinski definition) is 3. The van der Waals surface area contributed by atoms with Crippen molar-refractivity contribution < 1.29 is 9.21 Å². The largest absolute Gasteiger partial charge is 0.455 e. The van der Waals surface area contributed by atoms with Crippen molar-refractivity contribution in [2.24, 2.45) is 0 Å². The van der Waals surface area contributed by atoms with Gasteiger partial charge in [0.2, 0.25) is 0 Å². The molecule has 0 saturated heterocycles. The first-order valence-electron chi connectivity index (χ1n) is 9.35. The number of carbonyl (C=O) groups excluding carboxylic acids is 1. The second kappa shape index (κ2) is 10.5. The van der Waals surface area contributed by atoms with Gasteiger partial charge in [0.05, 0.1) is 6.54 Å². The Morgan fingerprint density at radius 3 is 2.50 bits per heavy atom. The Bertz CT molecular complexity index is 680. The molecular weight excluding hydrogens is 392 g/mol. The Balaban J connectivity index is 1.93. The van der Waals surface area contributed by atoms with E-state index in [2.05, 4.69) is 71.2 Å². The van der Waals surface area contributed by atoms with Crippen molar-refractivity contribution in [2.75, 3.05) is 6.54 Å². The maximum absolute atomic E-state index is 12.1. The average Bonchev–Trinajstić information content (AvgIpc) is 3.08. The van der Waals surface area contributed by atoms with Crippen LogP contribution < -0.4 is 5.32 Å². The van der Waals surface area contributed by atoms with Crippen molar-refractivity contribution in [2.45, 2.75) is 59.2 Å². The summed E-state index contributed by atoms with van der Waals surface area (Å²) in [5.74, 6) is 1.08. The van der Waals surface area contributed by atoms with Gasteiger partial charge >= 0.3 is 0 Å². The van der Waals surface area contributed by atoms with E-state index in [1.807, 2.05) is 6.07 Å². The molecule has 1 N–H and O–H groups in total. The van der Waals surface area contributed by atoms with E-state index in [0.29, 0.717) is 24.9 Å². The van der Waals surface area contributed by atoms with Crippen molar-refractivity contribution in [1.82, 2.24) is 10.2 Å². The zero-order valence-electron chi connectivity index (χ0n) is 15.9. The summed E-state index contributed by atoms with van der Waals surface area (Å²) in [4.78, 5) is 14.5. The van der Waals surface area contributed by atoms with E-state index in [1.54, 1.807) is 6.07 Å². The molecule has 1 heterocycles. The third kappa shape index (κ3) is 6.61. The van der Waals surface area contributed by atoms with Crippen LogP contribution in [0.25, 0.3) is 0 Å². The minimum atomic E-state index is -0.128. The highest BCUT2D eigenvalue weighted by molar-refractivity contribution is 9.10. The fourth-order valence-corrected chi connectivity index (χ4v) is 2.96. The van der Waals surface area contributed by atoms with Gasteiger partial charge in [-0.25, -0.2) is 0 Å². The molecule has 1 amide bonds. The van der Waals surface area contributed by atoms with Crippen LogP contribution in [-0.4, -0.2) is 23.4 Å². The summed E-state index contributed by atoms with van der Waals surface area (Å²) in [5.41, 5.74) is 1.25. The summed E-state index contributed by atoms with van der Waals surface area (Å²) < 4.78 is 6.86. The molecule has 0 saturated carbocycles. The molecule has 2 rings (SSSR count). The Kier molecular flexibility index (Phi) is 8.39. The lowest BCUT2D eigenvalue weighted by atomic mass is 10.2. The van der Waals surface area contributed by atoms with Crippen LogP contribution in [0.15, 0.2) is 45.3 Å². The standard InChI is InChI=1S/C21H29BrN2O2/c1-4-5-6-13-23-21(25)20-12-11-19(26-20)15-24(16(2)3)14-17-7-9-18(22)10-8-17/h7-12,16H,4-6,13-15H2,1-3H3,(H,23,25). The highest BCUT2D eigenvalue weighted by Crippen LogP contribution is 2.17. The molecule has 4 nitrogen and oxygen atoms in total. The van der Waals surface area contributed by atoms with Crippen LogP contribution in [0.3, 0.4) is 0 Å². The second-order valence-corrected chi connectivity index (χ2v) is 7.77. The lowest BCUT2D eigenvalue weighted by Crippen LogP contribution is -2.29. The lowest BCUT2D eigenvalue weighted by Gasteiger charge is -2.25. The summed E-state index contributed by atoms with van der Waals surface area (Å²) in [5, 5.41) is 2.92. The van der Waals surface area contributed by atoms with Gasteiger partial charge < -0.3 is 9.73 Å². The van der Waals surface area contributed by atoms with E-state index >= 15 is 0 Å². The highest BCUT2D eigenvalue weighted by Gasteiger charge is 2.15. The molecule has 0 bridgehead atoms. The molecule has 5 heteroatoms. The highest BCUT2D eigenvalue weighted by atomic mass is 79.9. The Morgan fingerprint density at radius 2 is 1.85 bits per heavy atom. The SMILES string of the molecule is CCCCCNC(=O)c1ccc(CN(Cc2ccc(Br)cc2)C(C)C)o1. The number of halogens is 1. The van der Waals surface area contributed by atoms with Crippen LogP contribution in [-0.2, 0) is 13.1 Å². The number of benzene rings is 1. The summed E-state index contributed by atoms with van der Waals surface area (Å²) in [7, 11) is 0. The smallest absolute Gasteiger partial charge is 0.286 e. The van der Waals surface area contributed by atoms with Crippen molar-refractivity contribution in [3.8, 4) is 0 Å². The van der Waals surface area contributed by atoms with Crippen molar-refractivity contribution in [3.05, 3.63) is 58.0 Å². The topological polar surface area (TPSA) is 45.5 Å². The van der Waals surface area contributed by atoms with E-state index in [0.717, 1.165) is 36.0 Å². The molecule has 0 unspecified atom stereocenters. The molecule has 142 valence electrons. The molecule has 2 aromatic rings. The van der Waals surface area contributed by atoms with Gasteiger partial charge in [0.1, 0.15) is 5.76 Å². The van der Waals surface area contributed by atoms with Crippen LogP contribution in [0.1, 0.15) is 61.9 Å². The first-order valence-corrected chi connectivity index (χ1v) is 10.1. The monoisotopic (exact) mass is 420 g/mol. The zero-order chi connectivity index (χ0) is 18.9. The predicted octanol–water partition coefficient (Wildman–Crippen LogP) is 5.37. The summed E-state index contributed by atoms with van der Waals surface area (Å²) in [6.45, 7) is 8.70. The van der Waals surface area contributed by atoms with E-state index in [4.69, 9.17) is 4.42 Å².